The van der Waals surface area contributed by atoms with Gasteiger partial charge in [-0.25, -0.2) is 0 Å². The number of benzene rings is 1. The van der Waals surface area contributed by atoms with Crippen molar-refractivity contribution in [1.82, 2.24) is 0 Å². The summed E-state index contributed by atoms with van der Waals surface area (Å²) in [7, 11) is 0.0193. The standard InChI is InChI=1S/C14H23O3P/c1-12(2)14-9-5-7-13(11-14)8-6-10-18(15,16-3)17-4/h5,7,9,11-12H,6,8,10H2,1-4H3. The summed E-state index contributed by atoms with van der Waals surface area (Å²) < 4.78 is 21.7. The minimum absolute atomic E-state index is 0.464. The third kappa shape index (κ3) is 4.56. The first-order valence-corrected chi connectivity index (χ1v) is 8.03. The number of rotatable bonds is 7. The summed E-state index contributed by atoms with van der Waals surface area (Å²) in [5.74, 6) is 0.536. The van der Waals surface area contributed by atoms with Crippen LogP contribution in [0.25, 0.3) is 0 Å². The Labute approximate surface area is 110 Å². The Bertz CT molecular complexity index is 407. The summed E-state index contributed by atoms with van der Waals surface area (Å²) in [5.41, 5.74) is 2.62. The maximum absolute atomic E-state index is 11.9. The van der Waals surface area contributed by atoms with Crippen LogP contribution in [0.3, 0.4) is 0 Å². The van der Waals surface area contributed by atoms with E-state index in [0.717, 1.165) is 12.8 Å². The Hall–Kier alpha value is -0.630. The van der Waals surface area contributed by atoms with Crippen molar-refractivity contribution in [2.24, 2.45) is 0 Å². The van der Waals surface area contributed by atoms with E-state index in [9.17, 15) is 4.57 Å². The lowest BCUT2D eigenvalue weighted by atomic mass is 9.99. The Morgan fingerprint density at radius 1 is 1.22 bits per heavy atom. The van der Waals surface area contributed by atoms with Crippen LogP contribution in [0.2, 0.25) is 0 Å². The smallest absolute Gasteiger partial charge is 0.312 e. The van der Waals surface area contributed by atoms with Crippen molar-refractivity contribution in [2.45, 2.75) is 32.6 Å². The zero-order valence-corrected chi connectivity index (χ0v) is 12.6. The maximum Gasteiger partial charge on any atom is 0.330 e. The lowest BCUT2D eigenvalue weighted by molar-refractivity contribution is 0.275. The van der Waals surface area contributed by atoms with Gasteiger partial charge in [-0.3, -0.25) is 4.57 Å². The average Bonchev–Trinajstić information content (AvgIpc) is 2.39. The summed E-state index contributed by atoms with van der Waals surface area (Å²) in [5, 5.41) is 0. The second kappa shape index (κ2) is 7.08. The van der Waals surface area contributed by atoms with Gasteiger partial charge in [0.1, 0.15) is 0 Å². The molecule has 102 valence electrons. The third-order valence-electron chi connectivity index (χ3n) is 3.07. The van der Waals surface area contributed by atoms with Gasteiger partial charge in [-0.05, 0) is 29.9 Å². The van der Waals surface area contributed by atoms with E-state index in [4.69, 9.17) is 9.05 Å². The molecule has 3 nitrogen and oxygen atoms in total. The van der Waals surface area contributed by atoms with Crippen LogP contribution in [-0.2, 0) is 20.0 Å². The molecule has 1 aromatic rings. The van der Waals surface area contributed by atoms with Gasteiger partial charge in [-0.2, -0.15) is 0 Å². The van der Waals surface area contributed by atoms with Crippen LogP contribution in [0.5, 0.6) is 0 Å². The van der Waals surface area contributed by atoms with Gasteiger partial charge in [-0.15, -0.1) is 0 Å². The summed E-state index contributed by atoms with van der Waals surface area (Å²) in [6, 6.07) is 8.55. The van der Waals surface area contributed by atoms with Crippen molar-refractivity contribution in [2.75, 3.05) is 20.4 Å². The maximum atomic E-state index is 11.9. The van der Waals surface area contributed by atoms with Crippen LogP contribution in [0, 0.1) is 0 Å². The summed E-state index contributed by atoms with van der Waals surface area (Å²) in [6.07, 6.45) is 2.17. The average molecular weight is 270 g/mol. The van der Waals surface area contributed by atoms with Crippen molar-refractivity contribution < 1.29 is 13.6 Å². The molecule has 0 radical (unpaired) electrons. The molecule has 0 aliphatic carbocycles. The number of aryl methyl sites for hydroxylation is 1. The molecule has 0 aliphatic heterocycles. The summed E-state index contributed by atoms with van der Waals surface area (Å²) in [6.45, 7) is 4.37. The highest BCUT2D eigenvalue weighted by atomic mass is 31.2. The second-order valence-corrected chi connectivity index (χ2v) is 7.10. The molecular weight excluding hydrogens is 247 g/mol. The first-order valence-electron chi connectivity index (χ1n) is 6.30. The molecule has 0 atom stereocenters. The van der Waals surface area contributed by atoms with Crippen LogP contribution >= 0.6 is 7.60 Å². The minimum atomic E-state index is -2.85. The van der Waals surface area contributed by atoms with E-state index < -0.39 is 7.60 Å². The Morgan fingerprint density at radius 3 is 2.44 bits per heavy atom. The van der Waals surface area contributed by atoms with Gasteiger partial charge < -0.3 is 9.05 Å². The van der Waals surface area contributed by atoms with Crippen molar-refractivity contribution in [1.29, 1.82) is 0 Å². The topological polar surface area (TPSA) is 35.5 Å². The highest BCUT2D eigenvalue weighted by Crippen LogP contribution is 2.46. The molecule has 0 saturated carbocycles. The third-order valence-corrected chi connectivity index (χ3v) is 5.05. The van der Waals surface area contributed by atoms with Crippen molar-refractivity contribution in [3.05, 3.63) is 35.4 Å². The van der Waals surface area contributed by atoms with Gasteiger partial charge in [0.05, 0.1) is 6.16 Å². The predicted octanol–water partition coefficient (Wildman–Crippen LogP) is 4.23. The lowest BCUT2D eigenvalue weighted by Crippen LogP contribution is -1.97. The van der Waals surface area contributed by atoms with Gasteiger partial charge in [0.25, 0.3) is 0 Å². The highest BCUT2D eigenvalue weighted by Gasteiger charge is 2.19. The Balaban J connectivity index is 2.54. The van der Waals surface area contributed by atoms with Gasteiger partial charge in [-0.1, -0.05) is 38.1 Å². The van der Waals surface area contributed by atoms with Crippen LogP contribution in [0.4, 0.5) is 0 Å². The molecule has 0 fully saturated rings. The molecule has 4 heteroatoms. The Morgan fingerprint density at radius 2 is 1.89 bits per heavy atom. The molecule has 0 N–H and O–H groups in total. The van der Waals surface area contributed by atoms with E-state index >= 15 is 0 Å². The SMILES string of the molecule is COP(=O)(CCCc1cccc(C(C)C)c1)OC. The van der Waals surface area contributed by atoms with Crippen LogP contribution < -0.4 is 0 Å². The summed E-state index contributed by atoms with van der Waals surface area (Å²) in [4.78, 5) is 0. The quantitative estimate of drug-likeness (QED) is 0.695. The molecule has 0 aliphatic rings. The van der Waals surface area contributed by atoms with Gasteiger partial charge in [0, 0.05) is 14.2 Å². The summed E-state index contributed by atoms with van der Waals surface area (Å²) >= 11 is 0. The fraction of sp³-hybridized carbons (Fsp3) is 0.571. The van der Waals surface area contributed by atoms with E-state index in [-0.39, 0.29) is 0 Å². The molecule has 0 saturated heterocycles. The van der Waals surface area contributed by atoms with E-state index in [1.165, 1.54) is 25.3 Å². The number of hydrogen-bond donors (Lipinski definition) is 0. The van der Waals surface area contributed by atoms with Crippen LogP contribution in [0.1, 0.15) is 37.3 Å². The molecule has 18 heavy (non-hydrogen) atoms. The molecule has 0 heterocycles. The largest absolute Gasteiger partial charge is 0.330 e. The van der Waals surface area contributed by atoms with Gasteiger partial charge in [0.2, 0.25) is 0 Å². The van der Waals surface area contributed by atoms with Crippen LogP contribution in [0.15, 0.2) is 24.3 Å². The fourth-order valence-corrected chi connectivity index (χ4v) is 2.90. The highest BCUT2D eigenvalue weighted by molar-refractivity contribution is 7.53. The first-order chi connectivity index (χ1) is 8.50. The van der Waals surface area contributed by atoms with Crippen molar-refractivity contribution in [3.8, 4) is 0 Å². The second-order valence-electron chi connectivity index (χ2n) is 4.70. The van der Waals surface area contributed by atoms with Crippen LogP contribution in [-0.4, -0.2) is 20.4 Å². The zero-order valence-electron chi connectivity index (χ0n) is 11.7. The number of hydrogen-bond acceptors (Lipinski definition) is 3. The van der Waals surface area contributed by atoms with Crippen molar-refractivity contribution in [3.63, 3.8) is 0 Å². The molecular formula is C14H23O3P. The molecule has 0 unspecified atom stereocenters. The molecule has 0 spiro atoms. The molecule has 0 aromatic heterocycles. The fourth-order valence-electron chi connectivity index (χ4n) is 1.84. The lowest BCUT2D eigenvalue weighted by Gasteiger charge is -2.13. The normalized spacial score (nSPS) is 12.1. The monoisotopic (exact) mass is 270 g/mol. The molecule has 0 amide bonds. The van der Waals surface area contributed by atoms with E-state index in [1.54, 1.807) is 0 Å². The zero-order chi connectivity index (χ0) is 13.6. The predicted molar refractivity (Wildman–Crippen MR) is 75.3 cm³/mol. The first kappa shape index (κ1) is 15.4. The van der Waals surface area contributed by atoms with Gasteiger partial charge in [0.15, 0.2) is 0 Å². The minimum Gasteiger partial charge on any atom is -0.312 e. The van der Waals surface area contributed by atoms with E-state index in [0.29, 0.717) is 12.1 Å². The Kier molecular flexibility index (Phi) is 6.07. The molecule has 1 aromatic carbocycles. The molecule has 1 rings (SSSR count). The molecule has 0 bridgehead atoms. The van der Waals surface area contributed by atoms with Crippen molar-refractivity contribution >= 4 is 7.60 Å². The van der Waals surface area contributed by atoms with Gasteiger partial charge >= 0.3 is 7.60 Å². The van der Waals surface area contributed by atoms with E-state index in [1.807, 2.05) is 0 Å². The van der Waals surface area contributed by atoms with E-state index in [2.05, 4.69) is 38.1 Å².